The second-order valence-corrected chi connectivity index (χ2v) is 9.11. The zero-order valence-corrected chi connectivity index (χ0v) is 15.3. The summed E-state index contributed by atoms with van der Waals surface area (Å²) in [4.78, 5) is 16.1. The summed E-state index contributed by atoms with van der Waals surface area (Å²) in [7, 11) is -0.494. The molecule has 2 aromatic rings. The lowest BCUT2D eigenvalue weighted by atomic mass is 10.1. The predicted octanol–water partition coefficient (Wildman–Crippen LogP) is 2.98. The molecule has 1 aromatic carbocycles. The van der Waals surface area contributed by atoms with E-state index in [1.165, 1.54) is 31.1 Å². The van der Waals surface area contributed by atoms with Gasteiger partial charge >= 0.3 is 0 Å². The van der Waals surface area contributed by atoms with Crippen LogP contribution in [0.5, 0.6) is 0 Å². The first kappa shape index (κ1) is 17.1. The van der Waals surface area contributed by atoms with Crippen LogP contribution < -0.4 is 0 Å². The van der Waals surface area contributed by atoms with Crippen molar-refractivity contribution >= 4 is 27.3 Å². The van der Waals surface area contributed by atoms with Crippen LogP contribution in [0, 0.1) is 0 Å². The molecule has 1 amide bonds. The lowest BCUT2D eigenvalue weighted by Gasteiger charge is -2.24. The van der Waals surface area contributed by atoms with E-state index in [1.54, 1.807) is 23.5 Å². The smallest absolute Gasteiger partial charge is 0.254 e. The van der Waals surface area contributed by atoms with E-state index in [2.05, 4.69) is 6.07 Å². The molecular weight excluding hydrogens is 344 g/mol. The number of benzene rings is 1. The van der Waals surface area contributed by atoms with Gasteiger partial charge in [0.2, 0.25) is 10.0 Å². The van der Waals surface area contributed by atoms with Gasteiger partial charge in [-0.15, -0.1) is 11.3 Å². The molecule has 0 spiro atoms. The largest absolute Gasteiger partial charge is 0.331 e. The highest BCUT2D eigenvalue weighted by Gasteiger charge is 2.31. The zero-order chi connectivity index (χ0) is 17.3. The summed E-state index contributed by atoms with van der Waals surface area (Å²) >= 11 is 1.67. The van der Waals surface area contributed by atoms with E-state index in [-0.39, 0.29) is 16.8 Å². The van der Waals surface area contributed by atoms with Crippen LogP contribution in [-0.2, 0) is 10.0 Å². The summed E-state index contributed by atoms with van der Waals surface area (Å²) in [5.41, 5.74) is 0.524. The molecule has 1 fully saturated rings. The number of nitrogens with zero attached hydrogens (tertiary/aromatic N) is 2. The third-order valence-corrected chi connectivity index (χ3v) is 7.07. The standard InChI is InChI=1S/C17H20N2O3S2/c1-18(2)24(21,22)14-9-7-13(8-10-14)17(20)19-11-3-5-15(19)16-6-4-12-23-16/h4,6-10,12,15H,3,5,11H2,1-2H3. The monoisotopic (exact) mass is 364 g/mol. The Balaban J connectivity index is 1.83. The van der Waals surface area contributed by atoms with Crippen LogP contribution in [0.4, 0.5) is 0 Å². The molecule has 1 aliphatic rings. The summed E-state index contributed by atoms with van der Waals surface area (Å²) in [6.07, 6.45) is 1.96. The van der Waals surface area contributed by atoms with Gasteiger partial charge in [-0.2, -0.15) is 0 Å². The van der Waals surface area contributed by atoms with Crippen molar-refractivity contribution in [3.63, 3.8) is 0 Å². The number of likely N-dealkylation sites (tertiary alicyclic amines) is 1. The van der Waals surface area contributed by atoms with Crippen molar-refractivity contribution in [1.29, 1.82) is 0 Å². The molecule has 0 bridgehead atoms. The van der Waals surface area contributed by atoms with Crippen molar-refractivity contribution in [2.45, 2.75) is 23.8 Å². The highest BCUT2D eigenvalue weighted by Crippen LogP contribution is 2.35. The number of amides is 1. The summed E-state index contributed by atoms with van der Waals surface area (Å²) in [5.74, 6) is -0.0419. The first-order chi connectivity index (χ1) is 11.4. The highest BCUT2D eigenvalue weighted by atomic mass is 32.2. The number of carbonyl (C=O) groups excluding carboxylic acids is 1. The minimum Gasteiger partial charge on any atom is -0.331 e. The molecule has 1 aliphatic heterocycles. The molecule has 3 rings (SSSR count). The normalized spacial score (nSPS) is 18.3. The Morgan fingerprint density at radius 2 is 1.92 bits per heavy atom. The van der Waals surface area contributed by atoms with Crippen LogP contribution in [0.2, 0.25) is 0 Å². The van der Waals surface area contributed by atoms with E-state index >= 15 is 0 Å². The molecule has 128 valence electrons. The Hall–Kier alpha value is -1.70. The summed E-state index contributed by atoms with van der Waals surface area (Å²) in [6, 6.07) is 10.4. The van der Waals surface area contributed by atoms with Crippen LogP contribution in [-0.4, -0.2) is 44.2 Å². The van der Waals surface area contributed by atoms with Crippen LogP contribution >= 0.6 is 11.3 Å². The van der Waals surface area contributed by atoms with Gasteiger partial charge in [0.05, 0.1) is 10.9 Å². The molecule has 1 aromatic heterocycles. The molecule has 24 heavy (non-hydrogen) atoms. The van der Waals surface area contributed by atoms with Crippen LogP contribution in [0.15, 0.2) is 46.7 Å². The van der Waals surface area contributed by atoms with Gasteiger partial charge in [-0.05, 0) is 48.6 Å². The Labute approximate surface area is 146 Å². The van der Waals surface area contributed by atoms with Crippen molar-refractivity contribution in [1.82, 2.24) is 9.21 Å². The molecule has 0 radical (unpaired) electrons. The number of hydrogen-bond acceptors (Lipinski definition) is 4. The number of sulfonamides is 1. The second kappa shape index (κ2) is 6.66. The molecule has 1 saturated heterocycles. The molecule has 0 N–H and O–H groups in total. The first-order valence-corrected chi connectivity index (χ1v) is 10.1. The summed E-state index contributed by atoms with van der Waals surface area (Å²) in [5, 5.41) is 2.03. The molecule has 1 unspecified atom stereocenters. The van der Waals surface area contributed by atoms with Gasteiger partial charge in [0.1, 0.15) is 0 Å². The molecule has 7 heteroatoms. The zero-order valence-electron chi connectivity index (χ0n) is 13.7. The maximum Gasteiger partial charge on any atom is 0.254 e. The average Bonchev–Trinajstić information content (AvgIpc) is 3.24. The lowest BCUT2D eigenvalue weighted by Crippen LogP contribution is -2.30. The van der Waals surface area contributed by atoms with E-state index in [0.29, 0.717) is 5.56 Å². The molecule has 1 atom stereocenters. The molecule has 0 saturated carbocycles. The van der Waals surface area contributed by atoms with Crippen molar-refractivity contribution in [3.05, 3.63) is 52.2 Å². The summed E-state index contributed by atoms with van der Waals surface area (Å²) in [6.45, 7) is 0.735. The third-order valence-electron chi connectivity index (χ3n) is 4.27. The van der Waals surface area contributed by atoms with E-state index in [1.807, 2.05) is 16.3 Å². The van der Waals surface area contributed by atoms with Gasteiger partial charge in [-0.25, -0.2) is 12.7 Å². The molecule has 0 aliphatic carbocycles. The topological polar surface area (TPSA) is 57.7 Å². The Bertz CT molecular complexity index is 812. The SMILES string of the molecule is CN(C)S(=O)(=O)c1ccc(C(=O)N2CCCC2c2cccs2)cc1. The molecule has 2 heterocycles. The quantitative estimate of drug-likeness (QED) is 0.838. The highest BCUT2D eigenvalue weighted by molar-refractivity contribution is 7.89. The van der Waals surface area contributed by atoms with E-state index in [9.17, 15) is 13.2 Å². The maximum absolute atomic E-state index is 12.8. The van der Waals surface area contributed by atoms with Crippen molar-refractivity contribution in [2.24, 2.45) is 0 Å². The van der Waals surface area contributed by atoms with Gasteiger partial charge in [0.25, 0.3) is 5.91 Å². The summed E-state index contributed by atoms with van der Waals surface area (Å²) < 4.78 is 25.4. The van der Waals surface area contributed by atoms with Gasteiger partial charge in [-0.3, -0.25) is 4.79 Å². The molecule has 5 nitrogen and oxygen atoms in total. The number of hydrogen-bond donors (Lipinski definition) is 0. The Morgan fingerprint density at radius 3 is 2.50 bits per heavy atom. The van der Waals surface area contributed by atoms with E-state index in [4.69, 9.17) is 0 Å². The van der Waals surface area contributed by atoms with Crippen molar-refractivity contribution in [3.8, 4) is 0 Å². The van der Waals surface area contributed by atoms with E-state index in [0.717, 1.165) is 23.7 Å². The third kappa shape index (κ3) is 3.11. The number of thiophene rings is 1. The maximum atomic E-state index is 12.8. The van der Waals surface area contributed by atoms with Gasteiger partial charge in [0, 0.05) is 31.1 Å². The van der Waals surface area contributed by atoms with Gasteiger partial charge in [-0.1, -0.05) is 6.07 Å². The van der Waals surface area contributed by atoms with Crippen LogP contribution in [0.3, 0.4) is 0 Å². The van der Waals surface area contributed by atoms with E-state index < -0.39 is 10.0 Å². The second-order valence-electron chi connectivity index (χ2n) is 5.98. The number of carbonyl (C=O) groups is 1. The number of rotatable bonds is 4. The Morgan fingerprint density at radius 1 is 1.21 bits per heavy atom. The average molecular weight is 364 g/mol. The first-order valence-electron chi connectivity index (χ1n) is 7.78. The molecular formula is C17H20N2O3S2. The lowest BCUT2D eigenvalue weighted by molar-refractivity contribution is 0.0738. The van der Waals surface area contributed by atoms with Gasteiger partial charge in [0.15, 0.2) is 0 Å². The van der Waals surface area contributed by atoms with Crippen molar-refractivity contribution < 1.29 is 13.2 Å². The predicted molar refractivity (Wildman–Crippen MR) is 94.6 cm³/mol. The minimum absolute atomic E-state index is 0.0419. The fraction of sp³-hybridized carbons (Fsp3) is 0.353. The van der Waals surface area contributed by atoms with Gasteiger partial charge < -0.3 is 4.90 Å². The fourth-order valence-corrected chi connectivity index (χ4v) is 4.71. The minimum atomic E-state index is -3.47. The van der Waals surface area contributed by atoms with Crippen molar-refractivity contribution in [2.75, 3.05) is 20.6 Å². The van der Waals surface area contributed by atoms with Crippen LogP contribution in [0.1, 0.15) is 34.1 Å². The fourth-order valence-electron chi connectivity index (χ4n) is 2.93. The Kier molecular flexibility index (Phi) is 4.76. The van der Waals surface area contributed by atoms with Crippen LogP contribution in [0.25, 0.3) is 0 Å².